The summed E-state index contributed by atoms with van der Waals surface area (Å²) in [5, 5.41) is 19.8. The Labute approximate surface area is 267 Å². The molecule has 13 heteroatoms. The molecule has 0 bridgehead atoms. The van der Waals surface area contributed by atoms with E-state index in [0.717, 1.165) is 28.8 Å². The minimum atomic E-state index is -4.82. The molecule has 0 aliphatic heterocycles. The van der Waals surface area contributed by atoms with E-state index < -0.39 is 18.1 Å². The molecule has 0 aliphatic rings. The van der Waals surface area contributed by atoms with Crippen molar-refractivity contribution in [3.63, 3.8) is 0 Å². The molecule has 10 nitrogen and oxygen atoms in total. The van der Waals surface area contributed by atoms with Crippen LogP contribution in [0.5, 0.6) is 5.75 Å². The number of hydrogen-bond acceptors (Lipinski definition) is 7. The number of pyridine rings is 1. The number of carbonyl (C=O) groups is 1. The number of aromatic nitrogens is 5. The van der Waals surface area contributed by atoms with Crippen molar-refractivity contribution in [2.24, 2.45) is 0 Å². The van der Waals surface area contributed by atoms with Gasteiger partial charge in [-0.25, -0.2) is 14.9 Å². The third-order valence-electron chi connectivity index (χ3n) is 6.98. The van der Waals surface area contributed by atoms with Crippen molar-refractivity contribution in [1.29, 1.82) is 0 Å². The standard InChI is InChI=1S/C34H27F3N8O2/c35-34(36,37)47-27-17-15-25(16-18-27)38-33(46)39-26-19-30(28-13-7-8-14-29(28)32-41-43-44-42-32)40-31(20-26)45(21-23-9-3-1-4-10-23)22-24-11-5-2-6-12-24/h1-20H,21-22H2,(H2,38,39,40,46)(H,41,42,43,44). The third-order valence-corrected chi connectivity index (χ3v) is 6.98. The van der Waals surface area contributed by atoms with Gasteiger partial charge in [-0.05, 0) is 51.9 Å². The molecule has 2 aromatic heterocycles. The number of hydrogen-bond donors (Lipinski definition) is 3. The van der Waals surface area contributed by atoms with Gasteiger partial charge in [0, 0.05) is 41.7 Å². The van der Waals surface area contributed by atoms with Crippen LogP contribution in [0.25, 0.3) is 22.6 Å². The monoisotopic (exact) mass is 636 g/mol. The molecule has 0 saturated carbocycles. The van der Waals surface area contributed by atoms with Crippen molar-refractivity contribution in [2.75, 3.05) is 15.5 Å². The van der Waals surface area contributed by atoms with Crippen LogP contribution in [0.3, 0.4) is 0 Å². The lowest BCUT2D eigenvalue weighted by molar-refractivity contribution is -0.274. The minimum absolute atomic E-state index is 0.268. The molecule has 4 aromatic carbocycles. The molecule has 2 amide bonds. The van der Waals surface area contributed by atoms with E-state index >= 15 is 0 Å². The summed E-state index contributed by atoms with van der Waals surface area (Å²) in [6.07, 6.45) is -4.82. The van der Waals surface area contributed by atoms with Crippen molar-refractivity contribution in [1.82, 2.24) is 25.6 Å². The second-order valence-electron chi connectivity index (χ2n) is 10.4. The molecule has 3 N–H and O–H groups in total. The van der Waals surface area contributed by atoms with Gasteiger partial charge in [-0.3, -0.25) is 0 Å². The number of alkyl halides is 3. The summed E-state index contributed by atoms with van der Waals surface area (Å²) in [5.74, 6) is 0.637. The van der Waals surface area contributed by atoms with Crippen molar-refractivity contribution in [3.8, 4) is 28.4 Å². The van der Waals surface area contributed by atoms with Crippen molar-refractivity contribution >= 4 is 23.2 Å². The van der Waals surface area contributed by atoms with Crippen molar-refractivity contribution in [2.45, 2.75) is 19.5 Å². The molecule has 0 spiro atoms. The Kier molecular flexibility index (Phi) is 9.04. The fourth-order valence-electron chi connectivity index (χ4n) is 4.93. The number of H-pyrrole nitrogens is 1. The minimum Gasteiger partial charge on any atom is -0.406 e. The Morgan fingerprint density at radius 2 is 1.34 bits per heavy atom. The smallest absolute Gasteiger partial charge is 0.406 e. The number of amides is 2. The lowest BCUT2D eigenvalue weighted by Crippen LogP contribution is -2.24. The van der Waals surface area contributed by atoms with E-state index in [-0.39, 0.29) is 5.69 Å². The number of urea groups is 1. The Morgan fingerprint density at radius 3 is 1.94 bits per heavy atom. The molecule has 6 rings (SSSR count). The maximum Gasteiger partial charge on any atom is 0.573 e. The van der Waals surface area contributed by atoms with Crippen LogP contribution in [0, 0.1) is 0 Å². The first-order valence-corrected chi connectivity index (χ1v) is 14.4. The largest absolute Gasteiger partial charge is 0.573 e. The van der Waals surface area contributed by atoms with Crippen LogP contribution in [0.15, 0.2) is 121 Å². The first-order valence-electron chi connectivity index (χ1n) is 14.4. The number of anilines is 3. The van der Waals surface area contributed by atoms with Crippen LogP contribution in [-0.4, -0.2) is 38.0 Å². The van der Waals surface area contributed by atoms with E-state index in [0.29, 0.717) is 41.7 Å². The molecule has 0 aliphatic carbocycles. The van der Waals surface area contributed by atoms with Crippen LogP contribution in [0.4, 0.5) is 35.2 Å². The fraction of sp³-hybridized carbons (Fsp3) is 0.0882. The van der Waals surface area contributed by atoms with Crippen LogP contribution >= 0.6 is 0 Å². The summed E-state index contributed by atoms with van der Waals surface area (Å²) < 4.78 is 41.6. The summed E-state index contributed by atoms with van der Waals surface area (Å²) in [6.45, 7) is 1.05. The van der Waals surface area contributed by atoms with Gasteiger partial charge in [-0.2, -0.15) is 0 Å². The van der Waals surface area contributed by atoms with E-state index in [4.69, 9.17) is 4.98 Å². The summed E-state index contributed by atoms with van der Waals surface area (Å²) in [7, 11) is 0. The molecule has 0 saturated heterocycles. The number of carbonyl (C=O) groups excluding carboxylic acids is 1. The molecule has 0 radical (unpaired) electrons. The summed E-state index contributed by atoms with van der Waals surface area (Å²) in [6, 6.07) is 35.2. The van der Waals surface area contributed by atoms with E-state index in [2.05, 4.69) is 40.9 Å². The molecule has 6 aromatic rings. The van der Waals surface area contributed by atoms with Gasteiger partial charge < -0.3 is 20.3 Å². The van der Waals surface area contributed by atoms with Gasteiger partial charge >= 0.3 is 12.4 Å². The first kappa shape index (κ1) is 30.8. The van der Waals surface area contributed by atoms with Crippen molar-refractivity contribution < 1.29 is 22.7 Å². The van der Waals surface area contributed by atoms with Crippen molar-refractivity contribution in [3.05, 3.63) is 132 Å². The quantitative estimate of drug-likeness (QED) is 0.141. The molecule has 0 atom stereocenters. The molecule has 47 heavy (non-hydrogen) atoms. The number of ether oxygens (including phenoxy) is 1. The maximum atomic E-state index is 13.2. The van der Waals surface area contributed by atoms with E-state index in [1.807, 2.05) is 84.9 Å². The zero-order valence-corrected chi connectivity index (χ0v) is 24.6. The molecule has 0 fully saturated rings. The second kappa shape index (κ2) is 13.8. The third kappa shape index (κ3) is 8.28. The van der Waals surface area contributed by atoms with Gasteiger partial charge in [-0.15, -0.1) is 18.3 Å². The normalized spacial score (nSPS) is 11.1. The molecular weight excluding hydrogens is 609 g/mol. The lowest BCUT2D eigenvalue weighted by Gasteiger charge is -2.26. The Hall–Kier alpha value is -6.24. The Balaban J connectivity index is 1.36. The Bertz CT molecular complexity index is 1880. The van der Waals surface area contributed by atoms with Gasteiger partial charge in [0.2, 0.25) is 0 Å². The van der Waals surface area contributed by atoms with Crippen LogP contribution < -0.4 is 20.3 Å². The number of nitrogens with zero attached hydrogens (tertiary/aromatic N) is 5. The highest BCUT2D eigenvalue weighted by Crippen LogP contribution is 2.33. The summed E-state index contributed by atoms with van der Waals surface area (Å²) in [4.78, 5) is 20.3. The fourth-order valence-corrected chi connectivity index (χ4v) is 4.93. The molecule has 236 valence electrons. The highest BCUT2D eigenvalue weighted by molar-refractivity contribution is 6.00. The Morgan fingerprint density at radius 1 is 0.745 bits per heavy atom. The molecule has 0 unspecified atom stereocenters. The van der Waals surface area contributed by atoms with Crippen LogP contribution in [0.1, 0.15) is 11.1 Å². The molecular formula is C34H27F3N8O2. The zero-order valence-electron chi connectivity index (χ0n) is 24.6. The lowest BCUT2D eigenvalue weighted by atomic mass is 10.0. The van der Waals surface area contributed by atoms with E-state index in [1.165, 1.54) is 12.1 Å². The SMILES string of the molecule is O=C(Nc1ccc(OC(F)(F)F)cc1)Nc1cc(-c2ccccc2-c2nnn[nH]2)nc(N(Cc2ccccc2)Cc2ccccc2)c1. The number of aromatic amines is 1. The van der Waals surface area contributed by atoms with E-state index in [9.17, 15) is 18.0 Å². The number of nitrogens with one attached hydrogen (secondary N) is 3. The maximum absolute atomic E-state index is 13.2. The van der Waals surface area contributed by atoms with Gasteiger partial charge in [0.1, 0.15) is 11.6 Å². The van der Waals surface area contributed by atoms with Crippen LogP contribution in [-0.2, 0) is 13.1 Å². The number of halogens is 3. The second-order valence-corrected chi connectivity index (χ2v) is 10.4. The number of rotatable bonds is 10. The summed E-state index contributed by atoms with van der Waals surface area (Å²) in [5.41, 5.74) is 4.79. The first-order chi connectivity index (χ1) is 22.8. The molecule has 2 heterocycles. The highest BCUT2D eigenvalue weighted by atomic mass is 19.4. The zero-order chi connectivity index (χ0) is 32.6. The number of benzene rings is 4. The number of tetrazole rings is 1. The van der Waals surface area contributed by atoms with Gasteiger partial charge in [0.25, 0.3) is 0 Å². The van der Waals surface area contributed by atoms with Crippen LogP contribution in [0.2, 0.25) is 0 Å². The predicted molar refractivity (Wildman–Crippen MR) is 171 cm³/mol. The van der Waals surface area contributed by atoms with Gasteiger partial charge in [0.15, 0.2) is 5.82 Å². The summed E-state index contributed by atoms with van der Waals surface area (Å²) >= 11 is 0. The predicted octanol–water partition coefficient (Wildman–Crippen LogP) is 7.68. The van der Waals surface area contributed by atoms with Gasteiger partial charge in [0.05, 0.1) is 5.69 Å². The average molecular weight is 637 g/mol. The van der Waals surface area contributed by atoms with Gasteiger partial charge in [-0.1, -0.05) is 84.9 Å². The van der Waals surface area contributed by atoms with E-state index in [1.54, 1.807) is 12.1 Å². The average Bonchev–Trinajstić information content (AvgIpc) is 3.61. The highest BCUT2D eigenvalue weighted by Gasteiger charge is 2.31. The topological polar surface area (TPSA) is 121 Å².